The van der Waals surface area contributed by atoms with E-state index in [4.69, 9.17) is 4.52 Å². The van der Waals surface area contributed by atoms with Gasteiger partial charge < -0.3 is 9.84 Å². The maximum Gasteiger partial charge on any atom is 0.229 e. The Balaban J connectivity index is 1.67. The summed E-state index contributed by atoms with van der Waals surface area (Å²) in [6.07, 6.45) is 10.2. The van der Waals surface area contributed by atoms with Crippen molar-refractivity contribution in [1.29, 1.82) is 0 Å². The molecule has 2 heterocycles. The van der Waals surface area contributed by atoms with Crippen LogP contribution in [-0.2, 0) is 0 Å². The molecule has 3 rings (SSSR count). The molecular weight excluding hydrogens is 226 g/mol. The summed E-state index contributed by atoms with van der Waals surface area (Å²) in [6.45, 7) is 2.13. The molecular formula is C14H23N3O. The highest BCUT2D eigenvalue weighted by Gasteiger charge is 2.24. The lowest BCUT2D eigenvalue weighted by atomic mass is 9.98. The number of nitrogens with one attached hydrogen (secondary N) is 1. The van der Waals surface area contributed by atoms with Crippen LogP contribution in [0.15, 0.2) is 4.52 Å². The Morgan fingerprint density at radius 3 is 2.44 bits per heavy atom. The second kappa shape index (κ2) is 5.83. The van der Waals surface area contributed by atoms with Crippen LogP contribution in [0.5, 0.6) is 0 Å². The fraction of sp³-hybridized carbons (Fsp3) is 0.857. The Bertz CT molecular complexity index is 363. The lowest BCUT2D eigenvalue weighted by Gasteiger charge is -2.19. The normalized spacial score (nSPS) is 27.0. The molecule has 0 aromatic carbocycles. The largest absolute Gasteiger partial charge is 0.339 e. The van der Waals surface area contributed by atoms with Gasteiger partial charge in [-0.2, -0.15) is 4.98 Å². The summed E-state index contributed by atoms with van der Waals surface area (Å²) >= 11 is 0. The van der Waals surface area contributed by atoms with E-state index in [0.717, 1.165) is 24.8 Å². The molecule has 0 radical (unpaired) electrons. The van der Waals surface area contributed by atoms with Crippen LogP contribution in [0, 0.1) is 0 Å². The van der Waals surface area contributed by atoms with E-state index in [2.05, 4.69) is 15.5 Å². The third kappa shape index (κ3) is 2.74. The van der Waals surface area contributed by atoms with Gasteiger partial charge in [0.05, 0.1) is 0 Å². The first-order valence-electron chi connectivity index (χ1n) is 7.47. The molecule has 2 fully saturated rings. The van der Waals surface area contributed by atoms with Gasteiger partial charge in [-0.05, 0) is 32.2 Å². The maximum atomic E-state index is 5.52. The first-order chi connectivity index (χ1) is 8.93. The van der Waals surface area contributed by atoms with Crippen molar-refractivity contribution < 1.29 is 4.52 Å². The van der Waals surface area contributed by atoms with Crippen LogP contribution in [0.2, 0.25) is 0 Å². The number of hydrogen-bond acceptors (Lipinski definition) is 4. The van der Waals surface area contributed by atoms with Crippen LogP contribution in [0.4, 0.5) is 0 Å². The second-order valence-corrected chi connectivity index (χ2v) is 5.72. The van der Waals surface area contributed by atoms with Crippen LogP contribution in [-0.4, -0.2) is 23.2 Å². The zero-order chi connectivity index (χ0) is 12.2. The van der Waals surface area contributed by atoms with Crippen LogP contribution in [0.3, 0.4) is 0 Å². The summed E-state index contributed by atoms with van der Waals surface area (Å²) in [5.74, 6) is 2.81. The second-order valence-electron chi connectivity index (χ2n) is 5.72. The number of rotatable bonds is 2. The van der Waals surface area contributed by atoms with Crippen LogP contribution in [0.1, 0.15) is 74.9 Å². The molecule has 4 nitrogen and oxygen atoms in total. The smallest absolute Gasteiger partial charge is 0.229 e. The molecule has 4 heteroatoms. The van der Waals surface area contributed by atoms with E-state index in [9.17, 15) is 0 Å². The average Bonchev–Trinajstić information content (AvgIpc) is 2.76. The lowest BCUT2D eigenvalue weighted by molar-refractivity contribution is 0.332. The van der Waals surface area contributed by atoms with Gasteiger partial charge >= 0.3 is 0 Å². The molecule has 0 spiro atoms. The fourth-order valence-electron chi connectivity index (χ4n) is 3.18. The topological polar surface area (TPSA) is 51.0 Å². The summed E-state index contributed by atoms with van der Waals surface area (Å²) in [7, 11) is 0. The van der Waals surface area contributed by atoms with Gasteiger partial charge in [-0.15, -0.1) is 0 Å². The third-order valence-corrected chi connectivity index (χ3v) is 4.32. The van der Waals surface area contributed by atoms with E-state index < -0.39 is 0 Å². The SMILES string of the molecule is C1CCCC(c2nc(C3CCCNC3)no2)CC1. The van der Waals surface area contributed by atoms with Crippen molar-refractivity contribution >= 4 is 0 Å². The highest BCUT2D eigenvalue weighted by molar-refractivity contribution is 5.01. The molecule has 2 aliphatic rings. The molecule has 18 heavy (non-hydrogen) atoms. The van der Waals surface area contributed by atoms with Gasteiger partial charge in [-0.3, -0.25) is 0 Å². The minimum absolute atomic E-state index is 0.460. The van der Waals surface area contributed by atoms with Crippen molar-refractivity contribution in [1.82, 2.24) is 15.5 Å². The molecule has 1 aromatic rings. The minimum atomic E-state index is 0.460. The van der Waals surface area contributed by atoms with Crippen molar-refractivity contribution in [2.75, 3.05) is 13.1 Å². The van der Waals surface area contributed by atoms with Crippen LogP contribution >= 0.6 is 0 Å². The summed E-state index contributed by atoms with van der Waals surface area (Å²) < 4.78 is 5.52. The molecule has 100 valence electrons. The van der Waals surface area contributed by atoms with Gasteiger partial charge in [0.15, 0.2) is 5.82 Å². The highest BCUT2D eigenvalue weighted by atomic mass is 16.5. The van der Waals surface area contributed by atoms with Crippen molar-refractivity contribution in [3.8, 4) is 0 Å². The maximum absolute atomic E-state index is 5.52. The monoisotopic (exact) mass is 249 g/mol. The molecule has 1 aliphatic carbocycles. The summed E-state index contributed by atoms with van der Waals surface area (Å²) in [4.78, 5) is 4.68. The van der Waals surface area contributed by atoms with Gasteiger partial charge in [-0.1, -0.05) is 30.8 Å². The first kappa shape index (κ1) is 12.2. The van der Waals surface area contributed by atoms with E-state index >= 15 is 0 Å². The van der Waals surface area contributed by atoms with E-state index in [1.807, 2.05) is 0 Å². The van der Waals surface area contributed by atoms with Crippen molar-refractivity contribution in [3.63, 3.8) is 0 Å². The highest BCUT2D eigenvalue weighted by Crippen LogP contribution is 2.31. The molecule has 0 bridgehead atoms. The van der Waals surface area contributed by atoms with E-state index in [0.29, 0.717) is 11.8 Å². The van der Waals surface area contributed by atoms with Gasteiger partial charge in [0.1, 0.15) is 0 Å². The minimum Gasteiger partial charge on any atom is -0.339 e. The lowest BCUT2D eigenvalue weighted by Crippen LogP contribution is -2.28. The summed E-state index contributed by atoms with van der Waals surface area (Å²) in [5.41, 5.74) is 0. The molecule has 1 unspecified atom stereocenters. The number of nitrogens with zero attached hydrogens (tertiary/aromatic N) is 2. The van der Waals surface area contributed by atoms with Crippen LogP contribution in [0.25, 0.3) is 0 Å². The standard InChI is InChI=1S/C14H23N3O/c1-2-4-7-11(6-3-1)14-16-13(17-18-14)12-8-5-9-15-10-12/h11-12,15H,1-10H2. The quantitative estimate of drug-likeness (QED) is 0.819. The van der Waals surface area contributed by atoms with Gasteiger partial charge in [0, 0.05) is 18.4 Å². The van der Waals surface area contributed by atoms with Crippen molar-refractivity contribution in [2.24, 2.45) is 0 Å². The molecule has 1 aromatic heterocycles. The molecule has 1 atom stereocenters. The number of piperidine rings is 1. The Labute approximate surface area is 109 Å². The Hall–Kier alpha value is -0.900. The van der Waals surface area contributed by atoms with Gasteiger partial charge in [0.25, 0.3) is 0 Å². The zero-order valence-electron chi connectivity index (χ0n) is 11.0. The fourth-order valence-corrected chi connectivity index (χ4v) is 3.18. The summed E-state index contributed by atoms with van der Waals surface area (Å²) in [5, 5.41) is 7.63. The van der Waals surface area contributed by atoms with E-state index in [1.165, 1.54) is 51.4 Å². The molecule has 1 N–H and O–H groups in total. The Morgan fingerprint density at radius 1 is 0.944 bits per heavy atom. The first-order valence-corrected chi connectivity index (χ1v) is 7.47. The van der Waals surface area contributed by atoms with Gasteiger partial charge in [-0.25, -0.2) is 0 Å². The average molecular weight is 249 g/mol. The zero-order valence-corrected chi connectivity index (χ0v) is 11.0. The van der Waals surface area contributed by atoms with Gasteiger partial charge in [0.2, 0.25) is 5.89 Å². The number of hydrogen-bond donors (Lipinski definition) is 1. The Kier molecular flexibility index (Phi) is 3.93. The predicted octanol–water partition coefficient (Wildman–Crippen LogP) is 2.97. The van der Waals surface area contributed by atoms with E-state index in [1.54, 1.807) is 0 Å². The van der Waals surface area contributed by atoms with Crippen molar-refractivity contribution in [2.45, 2.75) is 63.2 Å². The third-order valence-electron chi connectivity index (χ3n) is 4.32. The summed E-state index contributed by atoms with van der Waals surface area (Å²) in [6, 6.07) is 0. The predicted molar refractivity (Wildman–Crippen MR) is 69.6 cm³/mol. The molecule has 1 saturated carbocycles. The van der Waals surface area contributed by atoms with Crippen LogP contribution < -0.4 is 5.32 Å². The van der Waals surface area contributed by atoms with E-state index in [-0.39, 0.29) is 0 Å². The number of aromatic nitrogens is 2. The molecule has 1 saturated heterocycles. The Morgan fingerprint density at radius 2 is 1.72 bits per heavy atom. The van der Waals surface area contributed by atoms with Crippen molar-refractivity contribution in [3.05, 3.63) is 11.7 Å². The molecule has 1 aliphatic heterocycles. The molecule has 0 amide bonds.